The van der Waals surface area contributed by atoms with Crippen LogP contribution in [0.15, 0.2) is 18.3 Å². The van der Waals surface area contributed by atoms with E-state index in [1.54, 1.807) is 6.20 Å². The predicted molar refractivity (Wildman–Crippen MR) is 132 cm³/mol. The monoisotopic (exact) mass is 479 g/mol. The zero-order valence-electron chi connectivity index (χ0n) is 19.2. The molecule has 6 rings (SSSR count). The molecule has 2 aliphatic heterocycles. The highest BCUT2D eigenvalue weighted by Crippen LogP contribution is 2.37. The van der Waals surface area contributed by atoms with Gasteiger partial charge in [-0.2, -0.15) is 0 Å². The summed E-state index contributed by atoms with van der Waals surface area (Å²) < 4.78 is 6.05. The predicted octanol–water partition coefficient (Wildman–Crippen LogP) is 1.96. The molecule has 0 saturated carbocycles. The maximum atomic E-state index is 13.0. The van der Waals surface area contributed by atoms with E-state index < -0.39 is 0 Å². The molecule has 10 heteroatoms. The molecule has 9 nitrogen and oxygen atoms in total. The molecule has 2 saturated heterocycles. The normalized spacial score (nSPS) is 26.4. The molecule has 2 fully saturated rings. The van der Waals surface area contributed by atoms with Crippen molar-refractivity contribution in [2.24, 2.45) is 5.73 Å². The van der Waals surface area contributed by atoms with E-state index in [0.29, 0.717) is 16.4 Å². The molecular formula is C24H29N7O2S. The molecule has 1 spiro atoms. The van der Waals surface area contributed by atoms with Crippen LogP contribution in [0.5, 0.6) is 0 Å². The second kappa shape index (κ2) is 8.14. The summed E-state index contributed by atoms with van der Waals surface area (Å²) >= 11 is 1.32. The minimum absolute atomic E-state index is 0.0173. The Morgan fingerprint density at radius 1 is 1.35 bits per heavy atom. The van der Waals surface area contributed by atoms with Gasteiger partial charge in [-0.3, -0.25) is 4.79 Å². The average molecular weight is 480 g/mol. The number of rotatable bonds is 3. The fourth-order valence-corrected chi connectivity index (χ4v) is 6.54. The number of aryl methyl sites for hydroxylation is 2. The lowest BCUT2D eigenvalue weighted by atomic mass is 9.91. The number of carbonyl (C=O) groups is 1. The summed E-state index contributed by atoms with van der Waals surface area (Å²) in [6.07, 6.45) is 6.20. The number of carbonyl (C=O) groups excluding carboxylic acids is 1. The number of ether oxygens (including phenoxy) is 1. The number of aromatic nitrogens is 3. The second-order valence-electron chi connectivity index (χ2n) is 9.67. The highest BCUT2D eigenvalue weighted by atomic mass is 32.1. The van der Waals surface area contributed by atoms with Crippen LogP contribution in [0.4, 0.5) is 11.5 Å². The SMILES string of the molecule is Cc1ncc2c(N)c(C(=O)NC3CCc4nc(N5CC(N)C6(CCCO6)C5)ccc4C3)sc2n1. The summed E-state index contributed by atoms with van der Waals surface area (Å²) in [4.78, 5) is 30.1. The average Bonchev–Trinajstić information content (AvgIpc) is 3.52. The summed E-state index contributed by atoms with van der Waals surface area (Å²) in [7, 11) is 0. The lowest BCUT2D eigenvalue weighted by molar-refractivity contribution is 0.0108. The molecule has 3 aliphatic rings. The van der Waals surface area contributed by atoms with Gasteiger partial charge in [0.2, 0.25) is 0 Å². The van der Waals surface area contributed by atoms with Crippen molar-refractivity contribution in [3.05, 3.63) is 40.3 Å². The molecule has 0 radical (unpaired) electrons. The van der Waals surface area contributed by atoms with E-state index in [1.807, 2.05) is 6.92 Å². The van der Waals surface area contributed by atoms with Crippen LogP contribution < -0.4 is 21.7 Å². The summed E-state index contributed by atoms with van der Waals surface area (Å²) in [5.74, 6) is 1.49. The zero-order chi connectivity index (χ0) is 23.4. The van der Waals surface area contributed by atoms with Gasteiger partial charge in [0.1, 0.15) is 27.0 Å². The van der Waals surface area contributed by atoms with Crippen molar-refractivity contribution in [1.29, 1.82) is 0 Å². The number of hydrogen-bond donors (Lipinski definition) is 3. The fraction of sp³-hybridized carbons (Fsp3) is 0.500. The fourth-order valence-electron chi connectivity index (χ4n) is 5.52. The van der Waals surface area contributed by atoms with Crippen LogP contribution >= 0.6 is 11.3 Å². The van der Waals surface area contributed by atoms with Crippen LogP contribution in [0.25, 0.3) is 10.2 Å². The number of nitrogen functional groups attached to an aromatic ring is 1. The van der Waals surface area contributed by atoms with Gasteiger partial charge in [0.05, 0.1) is 23.7 Å². The molecule has 3 aromatic heterocycles. The highest BCUT2D eigenvalue weighted by molar-refractivity contribution is 7.21. The largest absolute Gasteiger partial charge is 0.397 e. The third-order valence-electron chi connectivity index (χ3n) is 7.41. The molecule has 3 atom stereocenters. The van der Waals surface area contributed by atoms with Crippen LogP contribution in [0.3, 0.4) is 0 Å². The van der Waals surface area contributed by atoms with Crippen molar-refractivity contribution in [2.45, 2.75) is 56.7 Å². The second-order valence-corrected chi connectivity index (χ2v) is 10.7. The van der Waals surface area contributed by atoms with E-state index in [-0.39, 0.29) is 23.6 Å². The first-order valence-corrected chi connectivity index (χ1v) is 12.7. The van der Waals surface area contributed by atoms with E-state index in [0.717, 1.165) is 73.5 Å². The van der Waals surface area contributed by atoms with Crippen molar-refractivity contribution >= 4 is 39.0 Å². The van der Waals surface area contributed by atoms with Gasteiger partial charge < -0.3 is 26.4 Å². The van der Waals surface area contributed by atoms with E-state index in [9.17, 15) is 4.79 Å². The number of hydrogen-bond acceptors (Lipinski definition) is 9. The molecule has 1 amide bonds. The molecule has 3 aromatic rings. The lowest BCUT2D eigenvalue weighted by Crippen LogP contribution is -2.46. The highest BCUT2D eigenvalue weighted by Gasteiger charge is 2.48. The summed E-state index contributed by atoms with van der Waals surface area (Å²) in [5, 5.41) is 3.91. The number of thiophene rings is 1. The third kappa shape index (κ3) is 3.60. The summed E-state index contributed by atoms with van der Waals surface area (Å²) in [5.41, 5.74) is 15.2. The summed E-state index contributed by atoms with van der Waals surface area (Å²) in [6, 6.07) is 4.28. The zero-order valence-corrected chi connectivity index (χ0v) is 20.0. The van der Waals surface area contributed by atoms with Gasteiger partial charge in [-0.1, -0.05) is 6.07 Å². The third-order valence-corrected chi connectivity index (χ3v) is 8.52. The van der Waals surface area contributed by atoms with Crippen LogP contribution in [0.1, 0.15) is 46.0 Å². The van der Waals surface area contributed by atoms with Gasteiger partial charge in [-0.25, -0.2) is 15.0 Å². The Kier molecular flexibility index (Phi) is 5.20. The minimum Gasteiger partial charge on any atom is -0.397 e. The number of nitrogens with one attached hydrogen (secondary N) is 1. The summed E-state index contributed by atoms with van der Waals surface area (Å²) in [6.45, 7) is 4.20. The van der Waals surface area contributed by atoms with Crippen molar-refractivity contribution in [2.75, 3.05) is 30.3 Å². The van der Waals surface area contributed by atoms with Crippen molar-refractivity contribution in [3.63, 3.8) is 0 Å². The quantitative estimate of drug-likeness (QED) is 0.519. The Morgan fingerprint density at radius 2 is 2.24 bits per heavy atom. The first-order valence-electron chi connectivity index (χ1n) is 11.9. The van der Waals surface area contributed by atoms with Gasteiger partial charge in [0.15, 0.2) is 0 Å². The molecule has 34 heavy (non-hydrogen) atoms. The van der Waals surface area contributed by atoms with Crippen molar-refractivity contribution in [1.82, 2.24) is 20.3 Å². The number of anilines is 2. The Balaban J connectivity index is 1.15. The molecule has 3 unspecified atom stereocenters. The Labute approximate surface area is 201 Å². The Bertz CT molecular complexity index is 1270. The molecule has 0 aromatic carbocycles. The molecule has 0 bridgehead atoms. The molecule has 5 heterocycles. The van der Waals surface area contributed by atoms with Crippen LogP contribution in [-0.4, -0.2) is 58.2 Å². The number of nitrogens with zero attached hydrogens (tertiary/aromatic N) is 4. The number of pyridine rings is 1. The van der Waals surface area contributed by atoms with Gasteiger partial charge in [-0.15, -0.1) is 11.3 Å². The molecular weight excluding hydrogens is 450 g/mol. The van der Waals surface area contributed by atoms with Crippen molar-refractivity contribution in [3.8, 4) is 0 Å². The molecule has 1 aliphatic carbocycles. The van der Waals surface area contributed by atoms with E-state index in [1.165, 1.54) is 16.9 Å². The number of amides is 1. The van der Waals surface area contributed by atoms with E-state index >= 15 is 0 Å². The van der Waals surface area contributed by atoms with Crippen LogP contribution in [0, 0.1) is 6.92 Å². The van der Waals surface area contributed by atoms with E-state index in [4.69, 9.17) is 21.2 Å². The van der Waals surface area contributed by atoms with Gasteiger partial charge in [0.25, 0.3) is 5.91 Å². The smallest absolute Gasteiger partial charge is 0.263 e. The van der Waals surface area contributed by atoms with Gasteiger partial charge >= 0.3 is 0 Å². The Morgan fingerprint density at radius 3 is 3.06 bits per heavy atom. The lowest BCUT2D eigenvalue weighted by Gasteiger charge is -2.28. The first kappa shape index (κ1) is 21.7. The molecule has 178 valence electrons. The van der Waals surface area contributed by atoms with Crippen molar-refractivity contribution < 1.29 is 9.53 Å². The minimum atomic E-state index is -0.217. The van der Waals surface area contributed by atoms with Gasteiger partial charge in [0, 0.05) is 31.1 Å². The number of fused-ring (bicyclic) bond motifs is 2. The van der Waals surface area contributed by atoms with Crippen LogP contribution in [-0.2, 0) is 17.6 Å². The van der Waals surface area contributed by atoms with Crippen LogP contribution in [0.2, 0.25) is 0 Å². The molecule has 5 N–H and O–H groups in total. The maximum Gasteiger partial charge on any atom is 0.263 e. The number of nitrogens with two attached hydrogens (primary N) is 2. The first-order chi connectivity index (χ1) is 16.4. The Hall–Kier alpha value is -2.82. The standard InChI is InChI=1S/C24H29N7O2S/c1-13-27-10-16-20(26)21(34-23(16)28-13)22(32)29-15-4-5-17-14(9-15)3-6-19(30-17)31-11-18(25)24(12-31)7-2-8-33-24/h3,6,10,15,18H,2,4-5,7-9,11-12,25-26H2,1H3,(H,29,32). The topological polar surface area (TPSA) is 132 Å². The van der Waals surface area contributed by atoms with E-state index in [2.05, 4.69) is 32.3 Å². The van der Waals surface area contributed by atoms with Gasteiger partial charge in [-0.05, 0) is 50.7 Å². The maximum absolute atomic E-state index is 13.0.